The van der Waals surface area contributed by atoms with E-state index in [0.717, 1.165) is 26.1 Å². The number of hydrogen-bond acceptors (Lipinski definition) is 3. The van der Waals surface area contributed by atoms with Crippen molar-refractivity contribution in [2.24, 2.45) is 0 Å². The summed E-state index contributed by atoms with van der Waals surface area (Å²) in [5.41, 5.74) is 0.0440. The molecule has 1 fully saturated rings. The second-order valence-electron chi connectivity index (χ2n) is 5.55. The predicted molar refractivity (Wildman–Crippen MR) is 66.4 cm³/mol. The third kappa shape index (κ3) is 2.95. The molecule has 1 aliphatic rings. The van der Waals surface area contributed by atoms with Crippen molar-refractivity contribution in [2.75, 3.05) is 33.7 Å². The van der Waals surface area contributed by atoms with E-state index in [1.165, 1.54) is 0 Å². The van der Waals surface area contributed by atoms with Gasteiger partial charge in [-0.25, -0.2) is 0 Å². The summed E-state index contributed by atoms with van der Waals surface area (Å²) in [6.07, 6.45) is 1.06. The standard InChI is InChI=1S/C12H25N3O/c1-12(2,3)15-8-6-7-14(5)11(16)10(15)9-13-4/h10,13H,6-9H2,1-5H3. The fourth-order valence-electron chi connectivity index (χ4n) is 2.33. The molecule has 0 aromatic rings. The lowest BCUT2D eigenvalue weighted by atomic mass is 10.0. The molecule has 0 aliphatic carbocycles. The molecule has 1 unspecified atom stereocenters. The highest BCUT2D eigenvalue weighted by atomic mass is 16.2. The molecule has 0 radical (unpaired) electrons. The van der Waals surface area contributed by atoms with E-state index in [9.17, 15) is 4.79 Å². The molecule has 1 amide bonds. The molecular weight excluding hydrogens is 202 g/mol. The van der Waals surface area contributed by atoms with Crippen LogP contribution >= 0.6 is 0 Å². The highest BCUT2D eigenvalue weighted by Crippen LogP contribution is 2.21. The van der Waals surface area contributed by atoms with Gasteiger partial charge in [-0.3, -0.25) is 9.69 Å². The van der Waals surface area contributed by atoms with Gasteiger partial charge in [0.2, 0.25) is 5.91 Å². The fourth-order valence-corrected chi connectivity index (χ4v) is 2.33. The number of amides is 1. The molecule has 1 atom stereocenters. The van der Waals surface area contributed by atoms with Crippen molar-refractivity contribution in [1.82, 2.24) is 15.1 Å². The summed E-state index contributed by atoms with van der Waals surface area (Å²) < 4.78 is 0. The number of rotatable bonds is 2. The van der Waals surface area contributed by atoms with E-state index >= 15 is 0 Å². The Morgan fingerprint density at radius 1 is 1.38 bits per heavy atom. The highest BCUT2D eigenvalue weighted by Gasteiger charge is 2.36. The first-order valence-corrected chi connectivity index (χ1v) is 6.04. The van der Waals surface area contributed by atoms with Gasteiger partial charge in [-0.15, -0.1) is 0 Å². The van der Waals surface area contributed by atoms with Gasteiger partial charge in [-0.1, -0.05) is 0 Å². The summed E-state index contributed by atoms with van der Waals surface area (Å²) >= 11 is 0. The van der Waals surface area contributed by atoms with Crippen molar-refractivity contribution in [2.45, 2.75) is 38.8 Å². The first kappa shape index (κ1) is 13.5. The normalized spacial score (nSPS) is 24.7. The monoisotopic (exact) mass is 227 g/mol. The summed E-state index contributed by atoms with van der Waals surface area (Å²) in [5.74, 6) is 0.238. The molecule has 1 saturated heterocycles. The van der Waals surface area contributed by atoms with Crippen molar-refractivity contribution in [1.29, 1.82) is 0 Å². The van der Waals surface area contributed by atoms with E-state index in [2.05, 4.69) is 31.0 Å². The lowest BCUT2D eigenvalue weighted by Gasteiger charge is -2.39. The molecule has 1 aliphatic heterocycles. The Labute approximate surface area is 99.0 Å². The third-order valence-corrected chi connectivity index (χ3v) is 3.19. The summed E-state index contributed by atoms with van der Waals surface area (Å²) in [6.45, 7) is 9.11. The van der Waals surface area contributed by atoms with Crippen LogP contribution in [-0.2, 0) is 4.79 Å². The Bertz CT molecular complexity index is 247. The molecule has 0 saturated carbocycles. The van der Waals surface area contributed by atoms with Gasteiger partial charge in [0.05, 0.1) is 0 Å². The molecule has 1 rings (SSSR count). The Morgan fingerprint density at radius 3 is 2.50 bits per heavy atom. The van der Waals surface area contributed by atoms with Crippen molar-refractivity contribution >= 4 is 5.91 Å². The third-order valence-electron chi connectivity index (χ3n) is 3.19. The SMILES string of the molecule is CNCC1C(=O)N(C)CCCN1C(C)(C)C. The zero-order valence-electron chi connectivity index (χ0n) is 11.2. The van der Waals surface area contributed by atoms with Gasteiger partial charge in [0.1, 0.15) is 6.04 Å². The van der Waals surface area contributed by atoms with Crippen molar-refractivity contribution < 1.29 is 4.79 Å². The van der Waals surface area contributed by atoms with E-state index in [-0.39, 0.29) is 17.5 Å². The predicted octanol–water partition coefficient (Wildman–Crippen LogP) is 0.537. The van der Waals surface area contributed by atoms with E-state index < -0.39 is 0 Å². The van der Waals surface area contributed by atoms with E-state index in [1.54, 1.807) is 0 Å². The summed E-state index contributed by atoms with van der Waals surface area (Å²) in [7, 11) is 3.80. The van der Waals surface area contributed by atoms with Crippen LogP contribution in [0.15, 0.2) is 0 Å². The van der Waals surface area contributed by atoms with Gasteiger partial charge < -0.3 is 10.2 Å². The summed E-state index contributed by atoms with van der Waals surface area (Å²) in [4.78, 5) is 16.4. The number of carbonyl (C=O) groups excluding carboxylic acids is 1. The van der Waals surface area contributed by atoms with Crippen LogP contribution in [0.1, 0.15) is 27.2 Å². The number of hydrogen-bond donors (Lipinski definition) is 1. The van der Waals surface area contributed by atoms with Gasteiger partial charge in [0, 0.05) is 32.2 Å². The Morgan fingerprint density at radius 2 is 2.00 bits per heavy atom. The average Bonchev–Trinajstić information content (AvgIpc) is 2.30. The quantitative estimate of drug-likeness (QED) is 0.748. The minimum absolute atomic E-state index is 0.0301. The molecule has 4 nitrogen and oxygen atoms in total. The van der Waals surface area contributed by atoms with Crippen LogP contribution in [0.3, 0.4) is 0 Å². The van der Waals surface area contributed by atoms with E-state index in [1.807, 2.05) is 19.0 Å². The fraction of sp³-hybridized carbons (Fsp3) is 0.917. The van der Waals surface area contributed by atoms with Crippen LogP contribution in [0.2, 0.25) is 0 Å². The minimum Gasteiger partial charge on any atom is -0.344 e. The van der Waals surface area contributed by atoms with Gasteiger partial charge in [0.15, 0.2) is 0 Å². The second-order valence-corrected chi connectivity index (χ2v) is 5.55. The molecule has 1 N–H and O–H groups in total. The zero-order chi connectivity index (χ0) is 12.3. The van der Waals surface area contributed by atoms with Crippen LogP contribution in [0, 0.1) is 0 Å². The summed E-state index contributed by atoms with van der Waals surface area (Å²) in [5, 5.41) is 3.13. The molecule has 0 bridgehead atoms. The highest BCUT2D eigenvalue weighted by molar-refractivity contribution is 5.82. The molecule has 0 aromatic carbocycles. The lowest BCUT2D eigenvalue weighted by molar-refractivity contribution is -0.135. The molecule has 94 valence electrons. The first-order valence-electron chi connectivity index (χ1n) is 6.04. The first-order chi connectivity index (χ1) is 7.38. The maximum Gasteiger partial charge on any atom is 0.241 e. The van der Waals surface area contributed by atoms with Crippen LogP contribution in [0.25, 0.3) is 0 Å². The average molecular weight is 227 g/mol. The van der Waals surface area contributed by atoms with E-state index in [0.29, 0.717) is 0 Å². The van der Waals surface area contributed by atoms with Gasteiger partial charge in [-0.2, -0.15) is 0 Å². The Hall–Kier alpha value is -0.610. The smallest absolute Gasteiger partial charge is 0.241 e. The largest absolute Gasteiger partial charge is 0.344 e. The van der Waals surface area contributed by atoms with Gasteiger partial charge in [-0.05, 0) is 34.2 Å². The Balaban J connectivity index is 2.91. The molecule has 4 heteroatoms. The van der Waals surface area contributed by atoms with Crippen LogP contribution in [0.5, 0.6) is 0 Å². The van der Waals surface area contributed by atoms with Crippen molar-refractivity contribution in [3.63, 3.8) is 0 Å². The summed E-state index contributed by atoms with van der Waals surface area (Å²) in [6, 6.07) is -0.0301. The Kier molecular flexibility index (Phi) is 4.33. The van der Waals surface area contributed by atoms with Crippen LogP contribution in [0.4, 0.5) is 0 Å². The molecule has 0 spiro atoms. The molecule has 16 heavy (non-hydrogen) atoms. The lowest BCUT2D eigenvalue weighted by Crippen LogP contribution is -2.56. The molecule has 0 aromatic heterocycles. The number of nitrogens with one attached hydrogen (secondary N) is 1. The van der Waals surface area contributed by atoms with Crippen molar-refractivity contribution in [3.05, 3.63) is 0 Å². The second kappa shape index (κ2) is 5.15. The van der Waals surface area contributed by atoms with Crippen LogP contribution in [-0.4, -0.2) is 61.0 Å². The molecular formula is C12H25N3O. The number of carbonyl (C=O) groups is 1. The van der Waals surface area contributed by atoms with Crippen molar-refractivity contribution in [3.8, 4) is 0 Å². The number of nitrogens with zero attached hydrogens (tertiary/aromatic N) is 2. The number of likely N-dealkylation sites (N-methyl/N-ethyl adjacent to an activating group) is 2. The maximum atomic E-state index is 12.2. The van der Waals surface area contributed by atoms with Gasteiger partial charge >= 0.3 is 0 Å². The minimum atomic E-state index is -0.0301. The zero-order valence-corrected chi connectivity index (χ0v) is 11.2. The molecule has 1 heterocycles. The topological polar surface area (TPSA) is 35.6 Å². The van der Waals surface area contributed by atoms with E-state index in [4.69, 9.17) is 0 Å². The van der Waals surface area contributed by atoms with Crippen LogP contribution < -0.4 is 5.32 Å². The van der Waals surface area contributed by atoms with Gasteiger partial charge in [0.25, 0.3) is 0 Å². The maximum absolute atomic E-state index is 12.2.